The zero-order chi connectivity index (χ0) is 10.1. The lowest BCUT2D eigenvalue weighted by Crippen LogP contribution is -2.49. The minimum Gasteiger partial charge on any atom is -0.370 e. The summed E-state index contributed by atoms with van der Waals surface area (Å²) in [7, 11) is -0.538. The van der Waals surface area contributed by atoms with Gasteiger partial charge >= 0.3 is 6.03 Å². The van der Waals surface area contributed by atoms with Gasteiger partial charge in [0.05, 0.1) is 25.6 Å². The third kappa shape index (κ3) is 2.14. The first-order valence-corrected chi connectivity index (χ1v) is 6.77. The average molecular weight is 221 g/mol. The largest absolute Gasteiger partial charge is 0.370 e. The molecule has 2 fully saturated rings. The van der Waals surface area contributed by atoms with Gasteiger partial charge < -0.3 is 14.2 Å². The van der Waals surface area contributed by atoms with Crippen LogP contribution in [0.15, 0.2) is 0 Å². The first-order chi connectivity index (χ1) is 6.66. The highest BCUT2D eigenvalue weighted by Crippen LogP contribution is 2.34. The summed E-state index contributed by atoms with van der Waals surface area (Å²) in [4.78, 5) is 0. The molecule has 5 atom stereocenters. The highest BCUT2D eigenvalue weighted by atomic mass is 31.1. The van der Waals surface area contributed by atoms with Crippen LogP contribution in [0.4, 0.5) is 4.39 Å². The summed E-state index contributed by atoms with van der Waals surface area (Å²) in [5.41, 5.74) is 0. The summed E-state index contributed by atoms with van der Waals surface area (Å²) < 4.78 is 29.4. The minimum atomic E-state index is -0.900. The lowest BCUT2D eigenvalue weighted by Gasteiger charge is -2.37. The molecule has 5 heteroatoms. The van der Waals surface area contributed by atoms with Crippen molar-refractivity contribution in [3.63, 3.8) is 0 Å². The van der Waals surface area contributed by atoms with E-state index in [1.165, 1.54) is 0 Å². The van der Waals surface area contributed by atoms with Crippen LogP contribution in [0.2, 0.25) is 0 Å². The molecule has 0 saturated carbocycles. The molecule has 0 aromatic rings. The predicted octanol–water partition coefficient (Wildman–Crippen LogP) is 1.36. The Morgan fingerprint density at radius 1 is 1.29 bits per heavy atom. The van der Waals surface area contributed by atoms with Crippen LogP contribution in [-0.4, -0.2) is 50.6 Å². The summed E-state index contributed by atoms with van der Waals surface area (Å²) in [6.45, 7) is 2.66. The van der Waals surface area contributed by atoms with Gasteiger partial charge in [0.25, 0.3) is 0 Å². The Kier molecular flexibility index (Phi) is 3.17. The van der Waals surface area contributed by atoms with Crippen LogP contribution in [0, 0.1) is 0 Å². The fourth-order valence-corrected chi connectivity index (χ4v) is 2.41. The molecule has 0 aromatic carbocycles. The molecule has 2 rings (SSSR count). The van der Waals surface area contributed by atoms with Gasteiger partial charge in [0.2, 0.25) is 0 Å². The number of rotatable bonds is 1. The lowest BCUT2D eigenvalue weighted by atomic mass is 10.0. The van der Waals surface area contributed by atoms with Gasteiger partial charge in [0.1, 0.15) is 26.5 Å². The monoisotopic (exact) mass is 221 g/mol. The molecular weight excluding hydrogens is 206 g/mol. The Balaban J connectivity index is 1.96. The smallest absolute Gasteiger partial charge is 0.324 e. The van der Waals surface area contributed by atoms with Crippen LogP contribution in [-0.2, 0) is 14.2 Å². The van der Waals surface area contributed by atoms with E-state index in [4.69, 9.17) is 14.2 Å². The van der Waals surface area contributed by atoms with Gasteiger partial charge in [-0.3, -0.25) is 0 Å². The predicted molar refractivity (Wildman–Crippen MR) is 53.8 cm³/mol. The van der Waals surface area contributed by atoms with E-state index in [-0.39, 0.29) is 24.8 Å². The Bertz CT molecular complexity index is 236. The molecule has 0 bridgehead atoms. The van der Waals surface area contributed by atoms with Crippen molar-refractivity contribution in [2.24, 2.45) is 0 Å². The summed E-state index contributed by atoms with van der Waals surface area (Å²) >= 11 is 0. The quantitative estimate of drug-likeness (QED) is 0.626. The Labute approximate surface area is 83.9 Å². The normalized spacial score (nSPS) is 44.3. The third-order valence-electron chi connectivity index (χ3n) is 2.45. The van der Waals surface area contributed by atoms with Crippen LogP contribution in [0.3, 0.4) is 0 Å². The fraction of sp³-hybridized carbons (Fsp3) is 0.889. The molecule has 14 heavy (non-hydrogen) atoms. The molecular formula is C9H15FO3P+. The highest BCUT2D eigenvalue weighted by molar-refractivity contribution is 7.55. The number of hydrogen-bond acceptors (Lipinski definition) is 3. The molecule has 0 amide bonds. The van der Waals surface area contributed by atoms with Crippen molar-refractivity contribution in [2.75, 3.05) is 19.9 Å². The molecule has 5 unspecified atom stereocenters. The van der Waals surface area contributed by atoms with E-state index in [1.54, 1.807) is 0 Å². The van der Waals surface area contributed by atoms with Gasteiger partial charge in [-0.15, -0.1) is 0 Å². The van der Waals surface area contributed by atoms with Gasteiger partial charge in [0.15, 0.2) is 0 Å². The van der Waals surface area contributed by atoms with Crippen LogP contribution >= 0.6 is 7.55 Å². The molecule has 0 radical (unpaired) electrons. The second-order valence-electron chi connectivity index (χ2n) is 3.78. The van der Waals surface area contributed by atoms with E-state index in [0.717, 1.165) is 0 Å². The number of fused-ring (bicyclic) bond motifs is 1. The van der Waals surface area contributed by atoms with E-state index in [2.05, 4.69) is 6.30 Å². The summed E-state index contributed by atoms with van der Waals surface area (Å²) in [5, 5.41) is 0. The molecule has 0 spiro atoms. The summed E-state index contributed by atoms with van der Waals surface area (Å²) in [6, 6.07) is -0.250. The van der Waals surface area contributed by atoms with E-state index in [1.807, 2.05) is 6.66 Å². The molecule has 2 heterocycles. The van der Waals surface area contributed by atoms with Crippen molar-refractivity contribution in [1.29, 1.82) is 0 Å². The number of ether oxygens (including phenoxy) is 3. The van der Waals surface area contributed by atoms with Crippen molar-refractivity contribution < 1.29 is 18.6 Å². The zero-order valence-electron chi connectivity index (χ0n) is 8.19. The maximum Gasteiger partial charge on any atom is 0.324 e. The second kappa shape index (κ2) is 4.23. The summed E-state index contributed by atoms with van der Waals surface area (Å²) in [5.74, 6) is 0. The van der Waals surface area contributed by atoms with E-state index >= 15 is 0 Å². The second-order valence-corrected chi connectivity index (χ2v) is 5.71. The molecule has 0 aliphatic carbocycles. The first-order valence-electron chi connectivity index (χ1n) is 4.73. The molecule has 2 aliphatic rings. The van der Waals surface area contributed by atoms with Crippen molar-refractivity contribution >= 4 is 13.8 Å². The first kappa shape index (κ1) is 10.5. The van der Waals surface area contributed by atoms with Gasteiger partial charge in [-0.25, -0.2) is 4.39 Å². The van der Waals surface area contributed by atoms with Crippen molar-refractivity contribution in [2.45, 2.75) is 30.8 Å². The van der Waals surface area contributed by atoms with E-state index < -0.39 is 13.7 Å². The number of halogens is 1. The molecule has 0 N–H and O–H groups in total. The Morgan fingerprint density at radius 3 is 2.79 bits per heavy atom. The van der Waals surface area contributed by atoms with Crippen LogP contribution in [0.1, 0.15) is 6.42 Å². The van der Waals surface area contributed by atoms with E-state index in [0.29, 0.717) is 13.0 Å². The Hall–Kier alpha value is -0.0200. The zero-order valence-corrected chi connectivity index (χ0v) is 9.08. The molecule has 80 valence electrons. The maximum absolute atomic E-state index is 13.0. The van der Waals surface area contributed by atoms with Crippen LogP contribution in [0.25, 0.3) is 0 Å². The van der Waals surface area contributed by atoms with Crippen molar-refractivity contribution in [3.8, 4) is 0 Å². The standard InChI is InChI=1S/C9H15FO3P/c1-14(2)9-12-5-8-7(13-9)3-6(10)4-11-8/h6-9H,1,3-5H2,2H3/q+1. The van der Waals surface area contributed by atoms with Crippen LogP contribution < -0.4 is 0 Å². The van der Waals surface area contributed by atoms with Crippen molar-refractivity contribution in [3.05, 3.63) is 0 Å². The summed E-state index contributed by atoms with van der Waals surface area (Å²) in [6.07, 6.45) is 3.18. The molecule has 3 nitrogen and oxygen atoms in total. The van der Waals surface area contributed by atoms with Crippen LogP contribution in [0.5, 0.6) is 0 Å². The number of alkyl halides is 1. The van der Waals surface area contributed by atoms with Gasteiger partial charge in [-0.1, -0.05) is 0 Å². The topological polar surface area (TPSA) is 27.7 Å². The van der Waals surface area contributed by atoms with Gasteiger partial charge in [0, 0.05) is 6.42 Å². The highest BCUT2D eigenvalue weighted by Gasteiger charge is 2.41. The Morgan fingerprint density at radius 2 is 2.07 bits per heavy atom. The molecule has 2 aliphatic heterocycles. The third-order valence-corrected chi connectivity index (χ3v) is 3.44. The van der Waals surface area contributed by atoms with Gasteiger partial charge in [-0.05, 0) is 0 Å². The van der Waals surface area contributed by atoms with E-state index in [9.17, 15) is 4.39 Å². The minimum absolute atomic E-state index is 0.0896. The number of hydrogen-bond donors (Lipinski definition) is 0. The molecule has 2 saturated heterocycles. The van der Waals surface area contributed by atoms with Gasteiger partial charge in [-0.2, -0.15) is 0 Å². The average Bonchev–Trinajstić information content (AvgIpc) is 2.16. The molecule has 0 aromatic heterocycles. The lowest BCUT2D eigenvalue weighted by molar-refractivity contribution is -0.250. The SMILES string of the molecule is C=[P+](C)C1OCC2OCC(F)CC2O1. The maximum atomic E-state index is 13.0. The fourth-order valence-electron chi connectivity index (χ4n) is 1.70. The van der Waals surface area contributed by atoms with Crippen molar-refractivity contribution in [1.82, 2.24) is 0 Å².